The standard InChI is InChI=1S/C4H9P/c1-2-3-4-5/h3-4H,2,5H2,1H3/b4-3+. The van der Waals surface area contributed by atoms with Gasteiger partial charge in [-0.2, -0.15) is 0 Å². The van der Waals surface area contributed by atoms with Gasteiger partial charge in [0.1, 0.15) is 0 Å². The van der Waals surface area contributed by atoms with Crippen LogP contribution in [0.25, 0.3) is 0 Å². The van der Waals surface area contributed by atoms with Gasteiger partial charge in [-0.3, -0.25) is 0 Å². The van der Waals surface area contributed by atoms with Crippen molar-refractivity contribution >= 4 is 9.24 Å². The zero-order chi connectivity index (χ0) is 4.12. The molecule has 0 saturated heterocycles. The molecule has 30 valence electrons. The molecule has 0 nitrogen and oxygen atoms in total. The Hall–Kier alpha value is 0.170. The van der Waals surface area contributed by atoms with Crippen LogP contribution in [0, 0.1) is 0 Å². The van der Waals surface area contributed by atoms with E-state index in [4.69, 9.17) is 0 Å². The van der Waals surface area contributed by atoms with E-state index in [0.29, 0.717) is 0 Å². The topological polar surface area (TPSA) is 0 Å². The Morgan fingerprint density at radius 2 is 2.40 bits per heavy atom. The molecule has 0 amide bonds. The molecule has 0 fully saturated rings. The van der Waals surface area contributed by atoms with Crippen molar-refractivity contribution in [2.45, 2.75) is 13.3 Å². The summed E-state index contributed by atoms with van der Waals surface area (Å²) in [6.45, 7) is 2.11. The highest BCUT2D eigenvalue weighted by Crippen LogP contribution is 1.84. The van der Waals surface area contributed by atoms with Crippen LogP contribution in [0.3, 0.4) is 0 Å². The summed E-state index contributed by atoms with van der Waals surface area (Å²) in [6.07, 6.45) is 3.23. The van der Waals surface area contributed by atoms with Gasteiger partial charge in [-0.25, -0.2) is 0 Å². The maximum atomic E-state index is 2.52. The van der Waals surface area contributed by atoms with E-state index in [0.717, 1.165) is 6.42 Å². The van der Waals surface area contributed by atoms with Gasteiger partial charge >= 0.3 is 0 Å². The van der Waals surface area contributed by atoms with Crippen molar-refractivity contribution in [1.82, 2.24) is 0 Å². The van der Waals surface area contributed by atoms with Crippen LogP contribution >= 0.6 is 9.24 Å². The quantitative estimate of drug-likeness (QED) is 0.428. The van der Waals surface area contributed by atoms with Gasteiger partial charge in [0.2, 0.25) is 0 Å². The molecule has 1 atom stereocenters. The third-order valence-corrected chi connectivity index (χ3v) is 0.644. The van der Waals surface area contributed by atoms with Crippen molar-refractivity contribution in [2.75, 3.05) is 0 Å². The maximum Gasteiger partial charge on any atom is -0.0376 e. The SMILES string of the molecule is CC/C=C/P. The summed E-state index contributed by atoms with van der Waals surface area (Å²) in [7, 11) is 2.52. The molecule has 1 heteroatoms. The first-order valence-electron chi connectivity index (χ1n) is 1.78. The minimum absolute atomic E-state index is 1.14. The minimum atomic E-state index is 1.14. The molecule has 0 N–H and O–H groups in total. The van der Waals surface area contributed by atoms with Crippen LogP contribution in [0.1, 0.15) is 13.3 Å². The molecule has 0 rings (SSSR count). The summed E-state index contributed by atoms with van der Waals surface area (Å²) in [5.74, 6) is 1.97. The maximum absolute atomic E-state index is 2.52. The van der Waals surface area contributed by atoms with Crippen molar-refractivity contribution in [1.29, 1.82) is 0 Å². The average Bonchev–Trinajstić information content (AvgIpc) is 1.41. The van der Waals surface area contributed by atoms with E-state index in [1.807, 2.05) is 5.82 Å². The third-order valence-electron chi connectivity index (χ3n) is 0.372. The Bertz CT molecular complexity index is 30.6. The van der Waals surface area contributed by atoms with Crippen molar-refractivity contribution in [2.24, 2.45) is 0 Å². The summed E-state index contributed by atoms with van der Waals surface area (Å²) >= 11 is 0. The monoisotopic (exact) mass is 88.0 g/mol. The number of allylic oxidation sites excluding steroid dienone is 1. The lowest BCUT2D eigenvalue weighted by atomic mass is 10.5. The smallest absolute Gasteiger partial charge is 0.0376 e. The minimum Gasteiger partial charge on any atom is -0.114 e. The highest BCUT2D eigenvalue weighted by molar-refractivity contribution is 7.20. The molecule has 0 aliphatic rings. The molecular formula is C4H9P. The summed E-state index contributed by atoms with van der Waals surface area (Å²) in [5, 5.41) is 0. The lowest BCUT2D eigenvalue weighted by Crippen LogP contribution is -1.40. The van der Waals surface area contributed by atoms with Crippen molar-refractivity contribution < 1.29 is 0 Å². The van der Waals surface area contributed by atoms with E-state index < -0.39 is 0 Å². The largest absolute Gasteiger partial charge is 0.114 e. The number of rotatable bonds is 1. The molecular weight excluding hydrogens is 79.0 g/mol. The van der Waals surface area contributed by atoms with Crippen molar-refractivity contribution in [3.8, 4) is 0 Å². The van der Waals surface area contributed by atoms with Gasteiger partial charge in [0.15, 0.2) is 0 Å². The van der Waals surface area contributed by atoms with Gasteiger partial charge in [-0.05, 0) is 6.42 Å². The molecule has 0 heterocycles. The van der Waals surface area contributed by atoms with Crippen LogP contribution in [0.5, 0.6) is 0 Å². The van der Waals surface area contributed by atoms with Gasteiger partial charge in [0.05, 0.1) is 0 Å². The number of hydrogen-bond acceptors (Lipinski definition) is 0. The van der Waals surface area contributed by atoms with Crippen LogP contribution in [0.2, 0.25) is 0 Å². The second kappa shape index (κ2) is 4.17. The summed E-state index contributed by atoms with van der Waals surface area (Å²) in [5.41, 5.74) is 0. The molecule has 0 spiro atoms. The molecule has 0 aliphatic heterocycles. The van der Waals surface area contributed by atoms with Gasteiger partial charge in [-0.15, -0.1) is 9.24 Å². The Balaban J connectivity index is 2.62. The van der Waals surface area contributed by atoms with E-state index in [2.05, 4.69) is 22.2 Å². The zero-order valence-corrected chi connectivity index (χ0v) is 4.59. The Morgan fingerprint density at radius 1 is 1.80 bits per heavy atom. The summed E-state index contributed by atoms with van der Waals surface area (Å²) in [4.78, 5) is 0. The molecule has 0 bridgehead atoms. The van der Waals surface area contributed by atoms with E-state index >= 15 is 0 Å². The van der Waals surface area contributed by atoms with Crippen LogP contribution in [0.15, 0.2) is 11.9 Å². The van der Waals surface area contributed by atoms with Gasteiger partial charge in [-0.1, -0.05) is 18.8 Å². The third kappa shape index (κ3) is 4.17. The Kier molecular flexibility index (Phi) is 4.31. The summed E-state index contributed by atoms with van der Waals surface area (Å²) in [6, 6.07) is 0. The lowest BCUT2D eigenvalue weighted by Gasteiger charge is -1.65. The molecule has 0 saturated carbocycles. The zero-order valence-electron chi connectivity index (χ0n) is 3.44. The molecule has 0 aromatic rings. The predicted octanol–water partition coefficient (Wildman–Crippen LogP) is 1.79. The first-order chi connectivity index (χ1) is 2.41. The van der Waals surface area contributed by atoms with E-state index in [1.165, 1.54) is 0 Å². The first-order valence-corrected chi connectivity index (χ1v) is 2.45. The van der Waals surface area contributed by atoms with Crippen molar-refractivity contribution in [3.63, 3.8) is 0 Å². The molecule has 0 aromatic heterocycles. The molecule has 1 unspecified atom stereocenters. The molecule has 0 aliphatic carbocycles. The van der Waals surface area contributed by atoms with Crippen LogP contribution in [0.4, 0.5) is 0 Å². The Morgan fingerprint density at radius 3 is 2.40 bits per heavy atom. The highest BCUT2D eigenvalue weighted by atomic mass is 31.0. The lowest BCUT2D eigenvalue weighted by molar-refractivity contribution is 1.23. The van der Waals surface area contributed by atoms with E-state index in [1.54, 1.807) is 0 Å². The fourth-order valence-corrected chi connectivity index (χ4v) is 0.408. The van der Waals surface area contributed by atoms with E-state index in [-0.39, 0.29) is 0 Å². The van der Waals surface area contributed by atoms with Crippen molar-refractivity contribution in [3.05, 3.63) is 11.9 Å². The van der Waals surface area contributed by atoms with E-state index in [9.17, 15) is 0 Å². The molecule has 5 heavy (non-hydrogen) atoms. The van der Waals surface area contributed by atoms with Gasteiger partial charge in [0, 0.05) is 0 Å². The normalized spacial score (nSPS) is 10.0. The van der Waals surface area contributed by atoms with Crippen LogP contribution in [-0.2, 0) is 0 Å². The second-order valence-corrected chi connectivity index (χ2v) is 1.22. The summed E-state index contributed by atoms with van der Waals surface area (Å²) < 4.78 is 0. The molecule has 0 aromatic carbocycles. The van der Waals surface area contributed by atoms with Gasteiger partial charge < -0.3 is 0 Å². The van der Waals surface area contributed by atoms with Crippen LogP contribution in [-0.4, -0.2) is 0 Å². The number of hydrogen-bond donors (Lipinski definition) is 0. The fraction of sp³-hybridized carbons (Fsp3) is 0.500. The molecule has 0 radical (unpaired) electrons. The van der Waals surface area contributed by atoms with Crippen LogP contribution < -0.4 is 0 Å². The fourth-order valence-electron chi connectivity index (χ4n) is 0.136. The predicted molar refractivity (Wildman–Crippen MR) is 29.1 cm³/mol. The highest BCUT2D eigenvalue weighted by Gasteiger charge is 1.52. The van der Waals surface area contributed by atoms with Gasteiger partial charge in [0.25, 0.3) is 0 Å². The first kappa shape index (κ1) is 5.17. The Labute approximate surface area is 35.5 Å². The average molecular weight is 88.1 g/mol. The second-order valence-electron chi connectivity index (χ2n) is 0.836.